The van der Waals surface area contributed by atoms with Crippen molar-refractivity contribution in [2.24, 2.45) is 0 Å². The van der Waals surface area contributed by atoms with Crippen LogP contribution >= 0.6 is 11.3 Å². The lowest BCUT2D eigenvalue weighted by Crippen LogP contribution is -2.34. The molecule has 41 heavy (non-hydrogen) atoms. The van der Waals surface area contributed by atoms with Crippen LogP contribution in [0.4, 0.5) is 21.6 Å². The average Bonchev–Trinajstić information content (AvgIpc) is 3.66. The molecular weight excluding hydrogens is 535 g/mol. The number of tetrazole rings is 1. The predicted molar refractivity (Wildman–Crippen MR) is 162 cm³/mol. The van der Waals surface area contributed by atoms with E-state index in [0.29, 0.717) is 16.2 Å². The zero-order valence-corrected chi connectivity index (χ0v) is 22.8. The fraction of sp³-hybridized carbons (Fsp3) is 0.172. The predicted octanol–water partition coefficient (Wildman–Crippen LogP) is 5.05. The summed E-state index contributed by atoms with van der Waals surface area (Å²) in [6.07, 6.45) is 6.89. The number of amides is 3. The number of aromatic nitrogens is 5. The van der Waals surface area contributed by atoms with Crippen LogP contribution in [0, 0.1) is 0 Å². The third kappa shape index (κ3) is 6.17. The van der Waals surface area contributed by atoms with Crippen LogP contribution in [-0.4, -0.2) is 45.4 Å². The van der Waals surface area contributed by atoms with Crippen molar-refractivity contribution in [3.8, 4) is 0 Å². The van der Waals surface area contributed by atoms with Gasteiger partial charge >= 0.3 is 6.03 Å². The van der Waals surface area contributed by atoms with E-state index < -0.39 is 0 Å². The number of carbonyl (C=O) groups is 2. The number of aromatic amines is 1. The van der Waals surface area contributed by atoms with Crippen LogP contribution in [0.5, 0.6) is 0 Å². The Hall–Kier alpha value is -4.84. The highest BCUT2D eigenvalue weighted by Crippen LogP contribution is 2.30. The lowest BCUT2D eigenvalue weighted by molar-refractivity contribution is 0.102. The number of carbonyl (C=O) groups excluding carboxylic acids is 2. The first kappa shape index (κ1) is 26.4. The van der Waals surface area contributed by atoms with Crippen molar-refractivity contribution in [2.45, 2.75) is 32.2 Å². The minimum Gasteiger partial charge on any atom is -0.290 e. The van der Waals surface area contributed by atoms with Crippen molar-refractivity contribution >= 4 is 69.1 Å². The number of hydrogen-bond acceptors (Lipinski definition) is 7. The molecule has 0 bridgehead atoms. The topological polar surface area (TPSA) is 129 Å². The SMILES string of the molecule is [B]c1ccc2sc(NC(=O)N(Cc3ccc(C(=O)Nc4nn[nH]n4)cc3)c3ccc(C4=CCCCC4)cc3)nc2c1. The molecule has 2 heterocycles. The second kappa shape index (κ2) is 11.7. The highest BCUT2D eigenvalue weighted by atomic mass is 32.1. The molecule has 202 valence electrons. The van der Waals surface area contributed by atoms with Gasteiger partial charge in [0.1, 0.15) is 7.85 Å². The van der Waals surface area contributed by atoms with Gasteiger partial charge < -0.3 is 0 Å². The Balaban J connectivity index is 1.24. The fourth-order valence-corrected chi connectivity index (χ4v) is 5.56. The molecule has 0 saturated carbocycles. The van der Waals surface area contributed by atoms with E-state index in [4.69, 9.17) is 7.85 Å². The van der Waals surface area contributed by atoms with Gasteiger partial charge in [-0.3, -0.25) is 20.3 Å². The number of thiazole rings is 1. The van der Waals surface area contributed by atoms with Gasteiger partial charge in [0.05, 0.1) is 16.8 Å². The highest BCUT2D eigenvalue weighted by molar-refractivity contribution is 7.22. The molecule has 10 nitrogen and oxygen atoms in total. The quantitative estimate of drug-likeness (QED) is 0.239. The standard InChI is InChI=1S/C29H25BN8O2S/c30-22-12-15-25-24(16-22)31-28(41-25)33-29(40)38(23-13-10-20(11-14-23)19-4-2-1-3-5-19)17-18-6-8-21(9-7-18)26(39)32-27-34-36-37-35-27/h4,6-16H,1-3,5,17H2,(H,31,33,40)(H2,32,34,35,36,37,39). The third-order valence-corrected chi connectivity index (χ3v) is 7.79. The molecule has 0 unspecified atom stereocenters. The van der Waals surface area contributed by atoms with Gasteiger partial charge in [-0.2, -0.15) is 5.21 Å². The van der Waals surface area contributed by atoms with E-state index in [1.54, 1.807) is 23.1 Å². The second-order valence-corrected chi connectivity index (χ2v) is 10.7. The van der Waals surface area contributed by atoms with Crippen LogP contribution in [0.3, 0.4) is 0 Å². The van der Waals surface area contributed by atoms with Crippen LogP contribution < -0.4 is 21.0 Å². The number of H-pyrrole nitrogens is 1. The lowest BCUT2D eigenvalue weighted by Gasteiger charge is -2.23. The highest BCUT2D eigenvalue weighted by Gasteiger charge is 2.19. The molecule has 0 fully saturated rings. The van der Waals surface area contributed by atoms with E-state index >= 15 is 0 Å². The van der Waals surface area contributed by atoms with Crippen LogP contribution in [-0.2, 0) is 6.54 Å². The number of rotatable bonds is 7. The zero-order chi connectivity index (χ0) is 28.2. The maximum atomic E-state index is 13.7. The summed E-state index contributed by atoms with van der Waals surface area (Å²) in [5, 5.41) is 19.2. The van der Waals surface area contributed by atoms with E-state index in [2.05, 4.69) is 54.5 Å². The summed E-state index contributed by atoms with van der Waals surface area (Å²) in [6, 6.07) is 20.3. The van der Waals surface area contributed by atoms with Crippen LogP contribution in [0.1, 0.15) is 47.2 Å². The van der Waals surface area contributed by atoms with Gasteiger partial charge in [0, 0.05) is 11.3 Å². The Morgan fingerprint density at radius 3 is 2.56 bits per heavy atom. The summed E-state index contributed by atoms with van der Waals surface area (Å²) >= 11 is 1.39. The molecule has 0 saturated heterocycles. The first-order valence-corrected chi connectivity index (χ1v) is 14.0. The Labute approximate surface area is 241 Å². The van der Waals surface area contributed by atoms with E-state index in [1.807, 2.05) is 36.4 Å². The molecule has 3 N–H and O–H groups in total. The summed E-state index contributed by atoms with van der Waals surface area (Å²) in [5.74, 6) is -0.275. The zero-order valence-electron chi connectivity index (χ0n) is 22.0. The van der Waals surface area contributed by atoms with Gasteiger partial charge in [0.2, 0.25) is 0 Å². The normalized spacial score (nSPS) is 13.0. The molecule has 12 heteroatoms. The molecule has 2 radical (unpaired) electrons. The van der Waals surface area contributed by atoms with Gasteiger partial charge in [-0.05, 0) is 84.0 Å². The number of anilines is 3. The van der Waals surface area contributed by atoms with Crippen molar-refractivity contribution in [3.05, 3.63) is 89.5 Å². The van der Waals surface area contributed by atoms with Gasteiger partial charge in [0.15, 0.2) is 5.13 Å². The molecule has 5 aromatic rings. The molecule has 1 aliphatic carbocycles. The van der Waals surface area contributed by atoms with Crippen molar-refractivity contribution in [1.29, 1.82) is 0 Å². The first-order chi connectivity index (χ1) is 20.0. The molecule has 0 atom stereocenters. The molecule has 1 aliphatic rings. The van der Waals surface area contributed by atoms with E-state index in [0.717, 1.165) is 34.3 Å². The molecule has 3 amide bonds. The monoisotopic (exact) mass is 560 g/mol. The van der Waals surface area contributed by atoms with Crippen molar-refractivity contribution < 1.29 is 9.59 Å². The summed E-state index contributed by atoms with van der Waals surface area (Å²) in [4.78, 5) is 32.4. The van der Waals surface area contributed by atoms with Gasteiger partial charge in [-0.1, -0.05) is 58.3 Å². The summed E-state index contributed by atoms with van der Waals surface area (Å²) in [7, 11) is 5.90. The largest absolute Gasteiger partial charge is 0.328 e. The number of fused-ring (bicyclic) bond motifs is 1. The summed E-state index contributed by atoms with van der Waals surface area (Å²) in [5.41, 5.74) is 5.88. The van der Waals surface area contributed by atoms with Gasteiger partial charge in [-0.25, -0.2) is 9.78 Å². The summed E-state index contributed by atoms with van der Waals surface area (Å²) < 4.78 is 0.931. The van der Waals surface area contributed by atoms with Crippen LogP contribution in [0.15, 0.2) is 72.8 Å². The van der Waals surface area contributed by atoms with Gasteiger partial charge in [-0.15, -0.1) is 5.10 Å². The second-order valence-electron chi connectivity index (χ2n) is 9.67. The Kier molecular flexibility index (Phi) is 7.55. The third-order valence-electron chi connectivity index (χ3n) is 6.84. The molecular formula is C29H25BN8O2S. The first-order valence-electron chi connectivity index (χ1n) is 13.2. The maximum absolute atomic E-state index is 13.7. The van der Waals surface area contributed by atoms with Crippen molar-refractivity contribution in [3.63, 3.8) is 0 Å². The number of hydrogen-bond donors (Lipinski definition) is 3. The average molecular weight is 560 g/mol. The molecule has 0 aliphatic heterocycles. The molecule has 2 aromatic heterocycles. The summed E-state index contributed by atoms with van der Waals surface area (Å²) in [6.45, 7) is 0.276. The number of nitrogens with one attached hydrogen (secondary N) is 3. The number of nitrogens with zero attached hydrogens (tertiary/aromatic N) is 5. The van der Waals surface area contributed by atoms with Crippen molar-refractivity contribution in [1.82, 2.24) is 25.6 Å². The lowest BCUT2D eigenvalue weighted by atomic mass is 9.93. The molecule has 6 rings (SSSR count). The fourth-order valence-electron chi connectivity index (χ4n) is 4.73. The smallest absolute Gasteiger partial charge is 0.290 e. The number of allylic oxidation sites excluding steroid dienone is 2. The van der Waals surface area contributed by atoms with Crippen LogP contribution in [0.25, 0.3) is 15.8 Å². The Bertz CT molecular complexity index is 1720. The minimum absolute atomic E-state index is 0.0897. The minimum atomic E-state index is -0.364. The molecule has 3 aromatic carbocycles. The van der Waals surface area contributed by atoms with Crippen molar-refractivity contribution in [2.75, 3.05) is 15.5 Å². The molecule has 0 spiro atoms. The number of urea groups is 1. The van der Waals surface area contributed by atoms with E-state index in [-0.39, 0.29) is 24.4 Å². The van der Waals surface area contributed by atoms with E-state index in [9.17, 15) is 9.59 Å². The Morgan fingerprint density at radius 1 is 1.00 bits per heavy atom. The maximum Gasteiger partial charge on any atom is 0.328 e. The van der Waals surface area contributed by atoms with Gasteiger partial charge in [0.25, 0.3) is 11.9 Å². The Morgan fingerprint density at radius 2 is 1.83 bits per heavy atom. The van der Waals surface area contributed by atoms with E-state index in [1.165, 1.54) is 35.3 Å². The number of benzene rings is 3. The van der Waals surface area contributed by atoms with Crippen LogP contribution in [0.2, 0.25) is 0 Å².